The summed E-state index contributed by atoms with van der Waals surface area (Å²) in [5.41, 5.74) is 3.87. The first-order valence-electron chi connectivity index (χ1n) is 14.1. The van der Waals surface area contributed by atoms with Gasteiger partial charge in [-0.25, -0.2) is 0 Å². The number of hydrogen-bond donors (Lipinski definition) is 1. The third-order valence-corrected chi connectivity index (χ3v) is 9.67. The number of aryl methyl sites for hydroxylation is 1. The van der Waals surface area contributed by atoms with Crippen LogP contribution in [0, 0.1) is 0 Å². The Morgan fingerprint density at radius 1 is 0.949 bits per heavy atom. The van der Waals surface area contributed by atoms with Crippen LogP contribution in [0.1, 0.15) is 47.9 Å². The highest BCUT2D eigenvalue weighted by Crippen LogP contribution is 2.66. The van der Waals surface area contributed by atoms with E-state index in [0.717, 1.165) is 50.8 Å². The van der Waals surface area contributed by atoms with Crippen LogP contribution in [0.2, 0.25) is 0 Å². The minimum Gasteiger partial charge on any atom is -0.504 e. The van der Waals surface area contributed by atoms with Gasteiger partial charge in [0.15, 0.2) is 23.4 Å². The monoisotopic (exact) mass is 545 g/mol. The van der Waals surface area contributed by atoms with Crippen LogP contribution in [0.25, 0.3) is 0 Å². The van der Waals surface area contributed by atoms with Gasteiger partial charge in [-0.2, -0.15) is 0 Å². The number of carbonyl (C=O) groups is 1. The van der Waals surface area contributed by atoms with E-state index in [1.54, 1.807) is 6.07 Å². The molecule has 3 aromatic rings. The van der Waals surface area contributed by atoms with E-state index in [1.807, 2.05) is 6.07 Å². The largest absolute Gasteiger partial charge is 0.504 e. The third kappa shape index (κ3) is 4.01. The van der Waals surface area contributed by atoms with Crippen molar-refractivity contribution in [2.24, 2.45) is 0 Å². The molecule has 0 radical (unpaired) electrons. The lowest BCUT2D eigenvalue weighted by molar-refractivity contribution is -0.213. The summed E-state index contributed by atoms with van der Waals surface area (Å²) >= 11 is 0. The molecule has 6 heteroatoms. The summed E-state index contributed by atoms with van der Waals surface area (Å²) in [4.78, 5) is 16.0. The molecule has 4 aliphatic rings. The van der Waals surface area contributed by atoms with Gasteiger partial charge >= 0.3 is 0 Å². The molecule has 0 aromatic heterocycles. The average molecular weight is 546 g/mol. The number of Topliss-reactive ketones (excluding diaryl/α,β-unsaturated/α-hetero) is 1. The lowest BCUT2D eigenvalue weighted by Crippen LogP contribution is -2.77. The zero-order valence-corrected chi connectivity index (χ0v) is 23.0. The van der Waals surface area contributed by atoms with Gasteiger partial charge in [0.1, 0.15) is 0 Å². The second kappa shape index (κ2) is 10.3. The molecule has 2 bridgehead atoms. The molecule has 2 aliphatic carbocycles. The maximum absolute atomic E-state index is 13.4. The Morgan fingerprint density at radius 2 is 1.67 bits per heavy atom. The summed E-state index contributed by atoms with van der Waals surface area (Å²) in [7, 11) is 0. The molecule has 4 atom stereocenters. The topological polar surface area (TPSA) is 59.0 Å². The quantitative estimate of drug-likeness (QED) is 0.382. The second-order valence-electron chi connectivity index (χ2n) is 11.5. The first kappa shape index (κ1) is 26.4. The Balaban J connectivity index is 0.00000277. The van der Waals surface area contributed by atoms with E-state index in [0.29, 0.717) is 25.2 Å². The molecule has 39 heavy (non-hydrogen) atoms. The zero-order chi connectivity index (χ0) is 25.7. The third-order valence-electron chi connectivity index (χ3n) is 9.67. The van der Waals surface area contributed by atoms with E-state index in [4.69, 9.17) is 9.47 Å². The summed E-state index contributed by atoms with van der Waals surface area (Å²) < 4.78 is 13.5. The number of aromatic hydroxyl groups is 1. The van der Waals surface area contributed by atoms with E-state index in [-0.39, 0.29) is 30.0 Å². The van der Waals surface area contributed by atoms with Crippen molar-refractivity contribution in [2.75, 3.05) is 19.7 Å². The first-order chi connectivity index (χ1) is 18.6. The fourth-order valence-electron chi connectivity index (χ4n) is 8.04. The Kier molecular flexibility index (Phi) is 6.95. The van der Waals surface area contributed by atoms with Crippen molar-refractivity contribution >= 4 is 18.2 Å². The molecule has 0 unspecified atom stereocenters. The zero-order valence-electron chi connectivity index (χ0n) is 22.2. The van der Waals surface area contributed by atoms with Crippen LogP contribution < -0.4 is 4.74 Å². The van der Waals surface area contributed by atoms with Gasteiger partial charge in [0.2, 0.25) is 0 Å². The van der Waals surface area contributed by atoms with Crippen LogP contribution in [0.5, 0.6) is 11.5 Å². The van der Waals surface area contributed by atoms with Gasteiger partial charge in [0.05, 0.1) is 11.0 Å². The molecule has 1 saturated heterocycles. The molecule has 1 spiro atoms. The van der Waals surface area contributed by atoms with Crippen LogP contribution in [0.4, 0.5) is 0 Å². The van der Waals surface area contributed by atoms with Crippen molar-refractivity contribution in [3.8, 4) is 11.5 Å². The fraction of sp³-hybridized carbons (Fsp3) is 0.424. The molecule has 1 N–H and O–H groups in total. The molecule has 3 aromatic carbocycles. The van der Waals surface area contributed by atoms with Crippen LogP contribution in [-0.4, -0.2) is 53.2 Å². The second-order valence-corrected chi connectivity index (χ2v) is 11.5. The van der Waals surface area contributed by atoms with Gasteiger partial charge in [-0.15, -0.1) is 12.4 Å². The molecule has 0 amide bonds. The molecule has 2 aliphatic heterocycles. The Morgan fingerprint density at radius 3 is 2.41 bits per heavy atom. The number of phenols is 1. The number of ketones is 1. The van der Waals surface area contributed by atoms with Crippen molar-refractivity contribution in [1.29, 1.82) is 0 Å². The highest BCUT2D eigenvalue weighted by Gasteiger charge is 2.74. The average Bonchev–Trinajstić information content (AvgIpc) is 3.31. The van der Waals surface area contributed by atoms with E-state index >= 15 is 0 Å². The van der Waals surface area contributed by atoms with Crippen LogP contribution >= 0.6 is 12.4 Å². The van der Waals surface area contributed by atoms with Gasteiger partial charge in [0.25, 0.3) is 0 Å². The summed E-state index contributed by atoms with van der Waals surface area (Å²) in [6.45, 7) is 2.50. The van der Waals surface area contributed by atoms with Crippen molar-refractivity contribution in [3.05, 3.63) is 95.1 Å². The first-order valence-corrected chi connectivity index (χ1v) is 14.1. The molecule has 7 rings (SSSR count). The van der Waals surface area contributed by atoms with E-state index < -0.39 is 17.1 Å². The van der Waals surface area contributed by atoms with Gasteiger partial charge < -0.3 is 14.6 Å². The smallest absolute Gasteiger partial charge is 0.174 e. The molecule has 204 valence electrons. The number of nitrogens with zero attached hydrogens (tertiary/aromatic N) is 1. The molecule has 2 heterocycles. The van der Waals surface area contributed by atoms with Gasteiger partial charge in [0, 0.05) is 31.2 Å². The van der Waals surface area contributed by atoms with Crippen molar-refractivity contribution in [2.45, 2.75) is 68.1 Å². The molecular weight excluding hydrogens is 510 g/mol. The van der Waals surface area contributed by atoms with Crippen molar-refractivity contribution in [3.63, 3.8) is 0 Å². The highest BCUT2D eigenvalue weighted by molar-refractivity contribution is 5.90. The standard InChI is InChI=1S/C33H35NO4.ClH/c35-26-14-13-25-22-28-33(37-21-7-12-23-8-3-1-4-9-23)17-15-27(36)31-32(33,29(25)30(26)38-31)18-20-34(28)19-16-24-10-5-2-6-11-24;/h1-6,8-11,13-14,28,31,35H,7,12,15-22H2;1H/t28-,31+,32+,33-;/m1./s1. The summed E-state index contributed by atoms with van der Waals surface area (Å²) in [6, 6.07) is 25.2. The lowest BCUT2D eigenvalue weighted by atomic mass is 9.48. The summed E-state index contributed by atoms with van der Waals surface area (Å²) in [5.74, 6) is 0.813. The number of likely N-dealkylation sites (tertiary alicyclic amines) is 1. The van der Waals surface area contributed by atoms with E-state index in [1.165, 1.54) is 16.7 Å². The summed E-state index contributed by atoms with van der Waals surface area (Å²) in [6.07, 6.45) is 5.12. The molecule has 5 nitrogen and oxygen atoms in total. The SMILES string of the molecule is Cl.O=C1CC[C@@]2(OCCCc3ccccc3)[C@H]3Cc4ccc(O)c5c4[C@@]2(CCN3CCc2ccccc2)[C@H]1O5. The Labute approximate surface area is 236 Å². The molecular formula is C33H36ClNO4. The predicted molar refractivity (Wildman–Crippen MR) is 153 cm³/mol. The number of carbonyl (C=O) groups excluding carboxylic acids is 1. The Hall–Kier alpha value is -2.86. The highest BCUT2D eigenvalue weighted by atomic mass is 35.5. The lowest BCUT2D eigenvalue weighted by Gasteiger charge is -2.64. The fourth-order valence-corrected chi connectivity index (χ4v) is 8.04. The predicted octanol–water partition coefficient (Wildman–Crippen LogP) is 5.44. The van der Waals surface area contributed by atoms with E-state index in [2.05, 4.69) is 65.6 Å². The maximum atomic E-state index is 13.4. The van der Waals surface area contributed by atoms with E-state index in [9.17, 15) is 9.90 Å². The number of hydrogen-bond acceptors (Lipinski definition) is 5. The van der Waals surface area contributed by atoms with Crippen molar-refractivity contribution < 1.29 is 19.4 Å². The Bertz CT molecular complexity index is 1350. The van der Waals surface area contributed by atoms with Gasteiger partial charge in [-0.3, -0.25) is 9.69 Å². The van der Waals surface area contributed by atoms with Crippen molar-refractivity contribution in [1.82, 2.24) is 4.90 Å². The summed E-state index contributed by atoms with van der Waals surface area (Å²) in [5, 5.41) is 10.8. The van der Waals surface area contributed by atoms with Gasteiger partial charge in [-0.1, -0.05) is 66.7 Å². The number of piperidine rings is 1. The number of benzene rings is 3. The molecule has 2 fully saturated rings. The minimum absolute atomic E-state index is 0. The number of rotatable bonds is 8. The van der Waals surface area contributed by atoms with Gasteiger partial charge in [-0.05, 0) is 67.8 Å². The number of halogens is 1. The molecule has 1 saturated carbocycles. The maximum Gasteiger partial charge on any atom is 0.174 e. The minimum atomic E-state index is -0.577. The number of ether oxygens (including phenoxy) is 2. The van der Waals surface area contributed by atoms with Crippen LogP contribution in [0.15, 0.2) is 72.8 Å². The number of phenolic OH excluding ortho intramolecular Hbond substituents is 1. The van der Waals surface area contributed by atoms with Crippen LogP contribution in [0.3, 0.4) is 0 Å². The normalized spacial score (nSPS) is 28.4. The van der Waals surface area contributed by atoms with Crippen LogP contribution in [-0.2, 0) is 34.2 Å².